The van der Waals surface area contributed by atoms with Crippen molar-refractivity contribution in [2.75, 3.05) is 31.7 Å². The maximum absolute atomic E-state index is 11.7. The summed E-state index contributed by atoms with van der Waals surface area (Å²) in [6.07, 6.45) is 2.39. The van der Waals surface area contributed by atoms with Gasteiger partial charge in [-0.05, 0) is 18.4 Å². The number of amides is 1. The highest BCUT2D eigenvalue weighted by atomic mass is 32.2. The average molecular weight is 276 g/mol. The monoisotopic (exact) mass is 276 g/mol. The van der Waals surface area contributed by atoms with Crippen molar-refractivity contribution in [3.63, 3.8) is 0 Å². The van der Waals surface area contributed by atoms with Gasteiger partial charge in [-0.2, -0.15) is 11.8 Å². The highest BCUT2D eigenvalue weighted by Crippen LogP contribution is 2.04. The van der Waals surface area contributed by atoms with Gasteiger partial charge in [-0.1, -0.05) is 0 Å². The molecule has 1 amide bonds. The van der Waals surface area contributed by atoms with Crippen molar-refractivity contribution >= 4 is 23.6 Å². The van der Waals surface area contributed by atoms with Crippen LogP contribution in [0.4, 0.5) is 0 Å². The maximum atomic E-state index is 11.7. The highest BCUT2D eigenvalue weighted by Gasteiger charge is 2.22. The number of carboxylic acids is 1. The molecule has 1 rings (SSSR count). The summed E-state index contributed by atoms with van der Waals surface area (Å²) in [4.78, 5) is 22.7. The number of carbonyl (C=O) groups excluding carboxylic acids is 1. The van der Waals surface area contributed by atoms with E-state index in [1.54, 1.807) is 11.8 Å². The van der Waals surface area contributed by atoms with E-state index in [0.29, 0.717) is 25.3 Å². The third-order valence-corrected chi connectivity index (χ3v) is 3.31. The molecule has 0 aromatic heterocycles. The topological polar surface area (TPSA) is 87.7 Å². The fourth-order valence-electron chi connectivity index (χ4n) is 1.70. The Bertz CT molecular complexity index is 282. The number of ether oxygens (including phenoxy) is 1. The zero-order chi connectivity index (χ0) is 13.4. The summed E-state index contributed by atoms with van der Waals surface area (Å²) in [5.74, 6) is -0.545. The first kappa shape index (κ1) is 15.3. The molecule has 18 heavy (non-hydrogen) atoms. The summed E-state index contributed by atoms with van der Waals surface area (Å²) in [5, 5.41) is 14.7. The number of thioether (sulfide) groups is 1. The number of morpholine rings is 1. The van der Waals surface area contributed by atoms with E-state index in [2.05, 4.69) is 10.6 Å². The van der Waals surface area contributed by atoms with Crippen LogP contribution in [0.25, 0.3) is 0 Å². The summed E-state index contributed by atoms with van der Waals surface area (Å²) in [5.41, 5.74) is 0. The van der Waals surface area contributed by atoms with E-state index in [1.165, 1.54) is 0 Å². The Kier molecular flexibility index (Phi) is 7.07. The van der Waals surface area contributed by atoms with Crippen LogP contribution in [0.1, 0.15) is 12.8 Å². The number of hydrogen-bond acceptors (Lipinski definition) is 5. The summed E-state index contributed by atoms with van der Waals surface area (Å²) in [6, 6.07) is -0.804. The van der Waals surface area contributed by atoms with Crippen molar-refractivity contribution in [3.8, 4) is 0 Å². The van der Waals surface area contributed by atoms with Gasteiger partial charge in [0.15, 0.2) is 0 Å². The summed E-state index contributed by atoms with van der Waals surface area (Å²) in [6.45, 7) is 2.02. The van der Waals surface area contributed by atoms with Crippen molar-refractivity contribution in [1.29, 1.82) is 0 Å². The van der Waals surface area contributed by atoms with Crippen molar-refractivity contribution in [1.82, 2.24) is 10.6 Å². The van der Waals surface area contributed by atoms with E-state index >= 15 is 0 Å². The van der Waals surface area contributed by atoms with Gasteiger partial charge in [0.25, 0.3) is 0 Å². The van der Waals surface area contributed by atoms with Gasteiger partial charge in [-0.15, -0.1) is 0 Å². The minimum Gasteiger partial charge on any atom is -0.480 e. The Morgan fingerprint density at radius 1 is 1.61 bits per heavy atom. The smallest absolute Gasteiger partial charge is 0.326 e. The molecule has 0 aliphatic carbocycles. The highest BCUT2D eigenvalue weighted by molar-refractivity contribution is 7.98. The van der Waals surface area contributed by atoms with Crippen LogP contribution in [-0.2, 0) is 14.3 Å². The molecule has 0 spiro atoms. The lowest BCUT2D eigenvalue weighted by molar-refractivity contribution is -0.142. The molecule has 1 aliphatic rings. The van der Waals surface area contributed by atoms with Crippen LogP contribution < -0.4 is 10.6 Å². The minimum absolute atomic E-state index is 0.159. The molecule has 1 unspecified atom stereocenters. The molecule has 0 saturated carbocycles. The normalized spacial score (nSPS) is 21.3. The first-order valence-electron chi connectivity index (χ1n) is 5.97. The first-order valence-corrected chi connectivity index (χ1v) is 7.36. The molecule has 0 radical (unpaired) electrons. The number of carbonyl (C=O) groups is 2. The SMILES string of the molecule is CSCC[C@@H](NC(=O)CC1CNCCO1)C(=O)O. The van der Waals surface area contributed by atoms with Gasteiger partial charge in [0.1, 0.15) is 6.04 Å². The van der Waals surface area contributed by atoms with Gasteiger partial charge >= 0.3 is 5.97 Å². The molecule has 1 heterocycles. The Balaban J connectivity index is 2.32. The van der Waals surface area contributed by atoms with E-state index in [-0.39, 0.29) is 18.4 Å². The van der Waals surface area contributed by atoms with E-state index in [1.807, 2.05) is 6.26 Å². The van der Waals surface area contributed by atoms with E-state index in [4.69, 9.17) is 9.84 Å². The number of aliphatic carboxylic acids is 1. The molecule has 1 fully saturated rings. The Morgan fingerprint density at radius 3 is 2.94 bits per heavy atom. The predicted octanol–water partition coefficient (Wildman–Crippen LogP) is -0.313. The number of rotatable bonds is 7. The van der Waals surface area contributed by atoms with E-state index < -0.39 is 12.0 Å². The third-order valence-electron chi connectivity index (χ3n) is 2.66. The fraction of sp³-hybridized carbons (Fsp3) is 0.818. The molecule has 0 aromatic carbocycles. The second-order valence-corrected chi connectivity index (χ2v) is 5.13. The third kappa shape index (κ3) is 5.70. The van der Waals surface area contributed by atoms with E-state index in [9.17, 15) is 9.59 Å². The Hall–Kier alpha value is -0.790. The van der Waals surface area contributed by atoms with Gasteiger partial charge in [-0.3, -0.25) is 4.79 Å². The number of carboxylic acid groups (broad SMARTS) is 1. The second-order valence-electron chi connectivity index (χ2n) is 4.14. The minimum atomic E-state index is -0.986. The average Bonchev–Trinajstić information content (AvgIpc) is 2.35. The van der Waals surface area contributed by atoms with Crippen LogP contribution in [0.15, 0.2) is 0 Å². The van der Waals surface area contributed by atoms with Crippen LogP contribution in [0.3, 0.4) is 0 Å². The lowest BCUT2D eigenvalue weighted by Gasteiger charge is -2.23. The van der Waals surface area contributed by atoms with E-state index in [0.717, 1.165) is 6.54 Å². The fourth-order valence-corrected chi connectivity index (χ4v) is 2.18. The molecule has 6 nitrogen and oxygen atoms in total. The summed E-state index contributed by atoms with van der Waals surface area (Å²) in [7, 11) is 0. The molecule has 0 aromatic rings. The molecular weight excluding hydrogens is 256 g/mol. The second kappa shape index (κ2) is 8.34. The molecule has 1 saturated heterocycles. The Labute approximate surface area is 111 Å². The van der Waals surface area contributed by atoms with Gasteiger partial charge in [0, 0.05) is 13.1 Å². The molecule has 3 N–H and O–H groups in total. The van der Waals surface area contributed by atoms with Crippen LogP contribution in [0.5, 0.6) is 0 Å². The maximum Gasteiger partial charge on any atom is 0.326 e. The van der Waals surface area contributed by atoms with Gasteiger partial charge in [0.05, 0.1) is 19.1 Å². The number of hydrogen-bond donors (Lipinski definition) is 3. The zero-order valence-corrected chi connectivity index (χ0v) is 11.3. The standard InChI is InChI=1S/C11H20N2O4S/c1-18-5-2-9(11(15)16)13-10(14)6-8-7-12-3-4-17-8/h8-9,12H,2-7H2,1H3,(H,13,14)(H,15,16)/t8?,9-/m1/s1. The van der Waals surface area contributed by atoms with Crippen molar-refractivity contribution < 1.29 is 19.4 Å². The number of nitrogens with one attached hydrogen (secondary N) is 2. The molecule has 104 valence electrons. The van der Waals surface area contributed by atoms with Gasteiger partial charge < -0.3 is 20.5 Å². The Morgan fingerprint density at radius 2 is 2.39 bits per heavy atom. The van der Waals surface area contributed by atoms with Gasteiger partial charge in [-0.25, -0.2) is 4.79 Å². The largest absolute Gasteiger partial charge is 0.480 e. The summed E-state index contributed by atoms with van der Waals surface area (Å²) < 4.78 is 5.40. The van der Waals surface area contributed by atoms with Crippen LogP contribution in [-0.4, -0.2) is 60.8 Å². The van der Waals surface area contributed by atoms with Crippen molar-refractivity contribution in [2.24, 2.45) is 0 Å². The predicted molar refractivity (Wildman–Crippen MR) is 69.8 cm³/mol. The molecule has 7 heteroatoms. The molecule has 1 aliphatic heterocycles. The lowest BCUT2D eigenvalue weighted by Crippen LogP contribution is -2.45. The first-order chi connectivity index (χ1) is 8.63. The quantitative estimate of drug-likeness (QED) is 0.591. The molecule has 0 bridgehead atoms. The van der Waals surface area contributed by atoms with Crippen molar-refractivity contribution in [2.45, 2.75) is 25.0 Å². The van der Waals surface area contributed by atoms with Gasteiger partial charge in [0.2, 0.25) is 5.91 Å². The van der Waals surface area contributed by atoms with Crippen LogP contribution in [0.2, 0.25) is 0 Å². The summed E-state index contributed by atoms with van der Waals surface area (Å²) >= 11 is 1.56. The van der Waals surface area contributed by atoms with Crippen LogP contribution in [0, 0.1) is 0 Å². The molecular formula is C11H20N2O4S. The van der Waals surface area contributed by atoms with Crippen LogP contribution >= 0.6 is 11.8 Å². The van der Waals surface area contributed by atoms with Crippen molar-refractivity contribution in [3.05, 3.63) is 0 Å². The zero-order valence-electron chi connectivity index (χ0n) is 10.5. The lowest BCUT2D eigenvalue weighted by atomic mass is 10.2. The molecule has 2 atom stereocenters.